The van der Waals surface area contributed by atoms with E-state index in [1.165, 1.54) is 24.0 Å². The predicted octanol–water partition coefficient (Wildman–Crippen LogP) is -0.773. The summed E-state index contributed by atoms with van der Waals surface area (Å²) < 4.78 is 26.6. The van der Waals surface area contributed by atoms with Crippen LogP contribution in [0.25, 0.3) is 0 Å². The number of rotatable bonds is 5. The predicted molar refractivity (Wildman–Crippen MR) is 76.5 cm³/mol. The summed E-state index contributed by atoms with van der Waals surface area (Å²) in [7, 11) is -3.86. The zero-order valence-electron chi connectivity index (χ0n) is 11.6. The molecular weight excluding hydrogens is 296 g/mol. The Labute approximate surface area is 123 Å². The van der Waals surface area contributed by atoms with E-state index in [2.05, 4.69) is 4.72 Å². The molecular formula is C13H18N2O5S. The first kappa shape index (κ1) is 15.9. The SMILES string of the molecule is CC(=O)N1CCc2ccc(S(=O)(=O)NC(CO)CO)cc21. The molecule has 1 heterocycles. The Morgan fingerprint density at radius 1 is 1.38 bits per heavy atom. The molecule has 2 rings (SSSR count). The zero-order valence-corrected chi connectivity index (χ0v) is 12.4. The topological polar surface area (TPSA) is 107 Å². The molecule has 0 saturated carbocycles. The third-order valence-corrected chi connectivity index (χ3v) is 4.92. The number of sulfonamides is 1. The third kappa shape index (κ3) is 3.24. The summed E-state index contributed by atoms with van der Waals surface area (Å²) >= 11 is 0. The van der Waals surface area contributed by atoms with Crippen molar-refractivity contribution in [1.29, 1.82) is 0 Å². The molecule has 0 unspecified atom stereocenters. The molecule has 1 aromatic carbocycles. The average molecular weight is 314 g/mol. The van der Waals surface area contributed by atoms with Crippen LogP contribution in [0, 0.1) is 0 Å². The normalized spacial score (nSPS) is 14.6. The molecule has 1 aliphatic rings. The molecule has 1 aromatic rings. The maximum atomic E-state index is 12.2. The van der Waals surface area contributed by atoms with Crippen molar-refractivity contribution in [2.45, 2.75) is 24.3 Å². The summed E-state index contributed by atoms with van der Waals surface area (Å²) in [6.07, 6.45) is 0.693. The molecule has 0 saturated heterocycles. The van der Waals surface area contributed by atoms with Crippen molar-refractivity contribution in [3.63, 3.8) is 0 Å². The Balaban J connectivity index is 2.34. The van der Waals surface area contributed by atoms with E-state index in [0.717, 1.165) is 5.56 Å². The van der Waals surface area contributed by atoms with Crippen LogP contribution in [0.1, 0.15) is 12.5 Å². The monoisotopic (exact) mass is 314 g/mol. The van der Waals surface area contributed by atoms with Crippen LogP contribution in [0.5, 0.6) is 0 Å². The van der Waals surface area contributed by atoms with Crippen LogP contribution in [0.3, 0.4) is 0 Å². The highest BCUT2D eigenvalue weighted by Crippen LogP contribution is 2.30. The van der Waals surface area contributed by atoms with Gasteiger partial charge in [-0.05, 0) is 24.1 Å². The van der Waals surface area contributed by atoms with Crippen molar-refractivity contribution in [3.8, 4) is 0 Å². The highest BCUT2D eigenvalue weighted by atomic mass is 32.2. The lowest BCUT2D eigenvalue weighted by atomic mass is 10.2. The van der Waals surface area contributed by atoms with Crippen LogP contribution in [-0.2, 0) is 21.2 Å². The number of fused-ring (bicyclic) bond motifs is 1. The van der Waals surface area contributed by atoms with Gasteiger partial charge in [-0.1, -0.05) is 6.07 Å². The average Bonchev–Trinajstić information content (AvgIpc) is 2.87. The van der Waals surface area contributed by atoms with E-state index in [4.69, 9.17) is 10.2 Å². The van der Waals surface area contributed by atoms with E-state index >= 15 is 0 Å². The van der Waals surface area contributed by atoms with Crippen molar-refractivity contribution in [1.82, 2.24) is 4.72 Å². The van der Waals surface area contributed by atoms with Gasteiger partial charge >= 0.3 is 0 Å². The Hall–Kier alpha value is -1.48. The number of carbonyl (C=O) groups is 1. The lowest BCUT2D eigenvalue weighted by molar-refractivity contribution is -0.116. The van der Waals surface area contributed by atoms with Crippen LogP contribution in [0.4, 0.5) is 5.69 Å². The van der Waals surface area contributed by atoms with Crippen LogP contribution in [-0.4, -0.2) is 50.3 Å². The highest BCUT2D eigenvalue weighted by molar-refractivity contribution is 7.89. The minimum absolute atomic E-state index is 0.00120. The smallest absolute Gasteiger partial charge is 0.241 e. The third-order valence-electron chi connectivity index (χ3n) is 3.41. The second-order valence-corrected chi connectivity index (χ2v) is 6.61. The van der Waals surface area contributed by atoms with E-state index in [1.54, 1.807) is 6.07 Å². The maximum absolute atomic E-state index is 12.2. The fourth-order valence-corrected chi connectivity index (χ4v) is 3.51. The van der Waals surface area contributed by atoms with Gasteiger partial charge in [0.2, 0.25) is 15.9 Å². The first-order valence-corrected chi connectivity index (χ1v) is 8.02. The summed E-state index contributed by atoms with van der Waals surface area (Å²) in [5, 5.41) is 17.9. The molecule has 0 fully saturated rings. The molecule has 1 aliphatic heterocycles. The molecule has 0 bridgehead atoms. The van der Waals surface area contributed by atoms with Gasteiger partial charge in [0.25, 0.3) is 0 Å². The summed E-state index contributed by atoms with van der Waals surface area (Å²) in [6.45, 7) is 0.972. The van der Waals surface area contributed by atoms with Crippen molar-refractivity contribution in [2.75, 3.05) is 24.7 Å². The first-order valence-electron chi connectivity index (χ1n) is 6.54. The van der Waals surface area contributed by atoms with Gasteiger partial charge in [-0.2, -0.15) is 0 Å². The summed E-state index contributed by atoms with van der Waals surface area (Å²) in [6, 6.07) is 3.63. The zero-order chi connectivity index (χ0) is 15.6. The van der Waals surface area contributed by atoms with Crippen molar-refractivity contribution in [2.24, 2.45) is 0 Å². The first-order chi connectivity index (χ1) is 9.89. The van der Waals surface area contributed by atoms with E-state index < -0.39 is 29.3 Å². The quantitative estimate of drug-likeness (QED) is 0.661. The second kappa shape index (κ2) is 6.10. The van der Waals surface area contributed by atoms with Crippen LogP contribution < -0.4 is 9.62 Å². The van der Waals surface area contributed by atoms with Gasteiger partial charge in [0.1, 0.15) is 0 Å². The van der Waals surface area contributed by atoms with Crippen LogP contribution >= 0.6 is 0 Å². The van der Waals surface area contributed by atoms with Gasteiger partial charge in [0, 0.05) is 19.2 Å². The Morgan fingerprint density at radius 2 is 2.05 bits per heavy atom. The maximum Gasteiger partial charge on any atom is 0.241 e. The molecule has 0 atom stereocenters. The lowest BCUT2D eigenvalue weighted by Crippen LogP contribution is -2.40. The molecule has 21 heavy (non-hydrogen) atoms. The number of aliphatic hydroxyl groups is 2. The molecule has 116 valence electrons. The number of nitrogens with one attached hydrogen (secondary N) is 1. The number of nitrogens with zero attached hydrogens (tertiary/aromatic N) is 1. The van der Waals surface area contributed by atoms with Gasteiger partial charge in [0.05, 0.1) is 24.2 Å². The number of amides is 1. The van der Waals surface area contributed by atoms with Crippen LogP contribution in [0.2, 0.25) is 0 Å². The minimum atomic E-state index is -3.86. The summed E-state index contributed by atoms with van der Waals surface area (Å²) in [5.74, 6) is -0.139. The molecule has 1 amide bonds. The van der Waals surface area contributed by atoms with Gasteiger partial charge in [-0.25, -0.2) is 13.1 Å². The van der Waals surface area contributed by atoms with E-state index in [9.17, 15) is 13.2 Å². The molecule has 0 aliphatic carbocycles. The van der Waals surface area contributed by atoms with Gasteiger partial charge in [-0.3, -0.25) is 4.79 Å². The number of aliphatic hydroxyl groups excluding tert-OH is 2. The van der Waals surface area contributed by atoms with E-state index in [0.29, 0.717) is 18.7 Å². The fourth-order valence-electron chi connectivity index (χ4n) is 2.27. The molecule has 7 nitrogen and oxygen atoms in total. The second-order valence-electron chi connectivity index (χ2n) is 4.89. The summed E-state index contributed by atoms with van der Waals surface area (Å²) in [5.41, 5.74) is 1.51. The number of anilines is 1. The van der Waals surface area contributed by atoms with Crippen molar-refractivity contribution in [3.05, 3.63) is 23.8 Å². The number of hydrogen-bond acceptors (Lipinski definition) is 5. The molecule has 3 N–H and O–H groups in total. The standard InChI is InChI=1S/C13H18N2O5S/c1-9(18)15-5-4-10-2-3-12(6-13(10)15)21(19,20)14-11(7-16)8-17/h2-3,6,11,14,16-17H,4-5,7-8H2,1H3. The highest BCUT2D eigenvalue weighted by Gasteiger charge is 2.26. The number of benzene rings is 1. The molecule has 0 aromatic heterocycles. The summed E-state index contributed by atoms with van der Waals surface area (Å²) in [4.78, 5) is 13.1. The van der Waals surface area contributed by atoms with Gasteiger partial charge < -0.3 is 15.1 Å². The Bertz CT molecular complexity index is 640. The van der Waals surface area contributed by atoms with E-state index in [1.807, 2.05) is 0 Å². The number of hydrogen-bond donors (Lipinski definition) is 3. The van der Waals surface area contributed by atoms with Crippen molar-refractivity contribution >= 4 is 21.6 Å². The van der Waals surface area contributed by atoms with Crippen LogP contribution in [0.15, 0.2) is 23.1 Å². The molecule has 0 spiro atoms. The largest absolute Gasteiger partial charge is 0.395 e. The lowest BCUT2D eigenvalue weighted by Gasteiger charge is -2.17. The Morgan fingerprint density at radius 3 is 2.62 bits per heavy atom. The Kier molecular flexibility index (Phi) is 4.62. The minimum Gasteiger partial charge on any atom is -0.395 e. The fraction of sp³-hybridized carbons (Fsp3) is 0.462. The van der Waals surface area contributed by atoms with Crippen molar-refractivity contribution < 1.29 is 23.4 Å². The molecule has 8 heteroatoms. The van der Waals surface area contributed by atoms with Gasteiger partial charge in [0.15, 0.2) is 0 Å². The van der Waals surface area contributed by atoms with Gasteiger partial charge in [-0.15, -0.1) is 0 Å². The molecule has 0 radical (unpaired) electrons. The van der Waals surface area contributed by atoms with E-state index in [-0.39, 0.29) is 10.8 Å². The number of carbonyl (C=O) groups excluding carboxylic acids is 1.